The van der Waals surface area contributed by atoms with Crippen molar-refractivity contribution in [3.05, 3.63) is 0 Å². The summed E-state index contributed by atoms with van der Waals surface area (Å²) in [6, 6.07) is -0.796. The lowest BCUT2D eigenvalue weighted by molar-refractivity contribution is -0.156. The Labute approximate surface area is 421 Å². The van der Waals surface area contributed by atoms with Gasteiger partial charge in [0, 0.05) is 38.6 Å². The van der Waals surface area contributed by atoms with Gasteiger partial charge in [0.15, 0.2) is 0 Å². The zero-order valence-electron chi connectivity index (χ0n) is 45.6. The molecule has 1 amide bonds. The summed E-state index contributed by atoms with van der Waals surface area (Å²) in [5, 5.41) is 0. The summed E-state index contributed by atoms with van der Waals surface area (Å²) >= 11 is 0. The van der Waals surface area contributed by atoms with Crippen LogP contribution in [0.25, 0.3) is 0 Å². The van der Waals surface area contributed by atoms with Crippen molar-refractivity contribution < 1.29 is 52.5 Å². The Kier molecular flexibility index (Phi) is 43.7. The predicted octanol–water partition coefficient (Wildman–Crippen LogP) is 12.9. The fourth-order valence-corrected chi connectivity index (χ4v) is 8.36. The third-order valence-electron chi connectivity index (χ3n) is 12.8. The maximum Gasteiger partial charge on any atom is 0.306 e. The third kappa shape index (κ3) is 39.1. The van der Waals surface area contributed by atoms with Gasteiger partial charge in [-0.15, -0.1) is 0 Å². The van der Waals surface area contributed by atoms with Crippen molar-refractivity contribution in [1.29, 1.82) is 0 Å². The second-order valence-electron chi connectivity index (χ2n) is 19.6. The van der Waals surface area contributed by atoms with Crippen molar-refractivity contribution in [3.63, 3.8) is 0 Å². The van der Waals surface area contributed by atoms with E-state index in [0.717, 1.165) is 96.3 Å². The van der Waals surface area contributed by atoms with Crippen molar-refractivity contribution in [3.8, 4) is 0 Å². The van der Waals surface area contributed by atoms with Gasteiger partial charge in [0.1, 0.15) is 31.5 Å². The number of esters is 5. The maximum atomic E-state index is 14.0. The highest BCUT2D eigenvalue weighted by atomic mass is 16.6. The van der Waals surface area contributed by atoms with Gasteiger partial charge >= 0.3 is 29.8 Å². The van der Waals surface area contributed by atoms with Crippen LogP contribution in [-0.4, -0.2) is 110 Å². The molecule has 0 saturated carbocycles. The number of hydrogen-bond donors (Lipinski definition) is 0. The number of rotatable bonds is 48. The first-order valence-corrected chi connectivity index (χ1v) is 28.2. The molecule has 404 valence electrons. The molecule has 69 heavy (non-hydrogen) atoms. The molecule has 0 aromatic heterocycles. The monoisotopic (exact) mass is 981 g/mol. The molecule has 13 nitrogen and oxygen atoms in total. The molecule has 3 unspecified atom stereocenters. The minimum atomic E-state index is -0.796. The third-order valence-corrected chi connectivity index (χ3v) is 12.8. The van der Waals surface area contributed by atoms with Gasteiger partial charge in [-0.05, 0) is 111 Å². The van der Waals surface area contributed by atoms with Crippen molar-refractivity contribution in [1.82, 2.24) is 9.80 Å². The number of amides is 1. The van der Waals surface area contributed by atoms with E-state index in [-0.39, 0.29) is 87.9 Å². The van der Waals surface area contributed by atoms with E-state index in [1.807, 2.05) is 32.8 Å². The molecule has 13 heteroatoms. The van der Waals surface area contributed by atoms with Crippen LogP contribution in [0.2, 0.25) is 0 Å². The van der Waals surface area contributed by atoms with Crippen LogP contribution in [0.1, 0.15) is 260 Å². The van der Waals surface area contributed by atoms with Gasteiger partial charge in [0.25, 0.3) is 0 Å². The second kappa shape index (κ2) is 45.9. The average Bonchev–Trinajstić information content (AvgIpc) is 3.32. The summed E-state index contributed by atoms with van der Waals surface area (Å²) in [6.45, 7) is 13.3. The van der Waals surface area contributed by atoms with Crippen LogP contribution in [0, 0.1) is 0 Å². The molecule has 0 rings (SSSR count). The van der Waals surface area contributed by atoms with Gasteiger partial charge in [0.05, 0.1) is 12.5 Å². The lowest BCUT2D eigenvalue weighted by Gasteiger charge is -2.32. The molecule has 0 aliphatic rings. The first-order chi connectivity index (χ1) is 33.3. The van der Waals surface area contributed by atoms with Gasteiger partial charge in [-0.1, -0.05) is 131 Å². The van der Waals surface area contributed by atoms with E-state index in [1.54, 1.807) is 4.90 Å². The Morgan fingerprint density at radius 3 is 1.16 bits per heavy atom. The number of carbonyl (C=O) groups is 6. The molecule has 0 spiro atoms. The fourth-order valence-electron chi connectivity index (χ4n) is 8.36. The number of nitrogens with zero attached hydrogens (tertiary/aromatic N) is 2. The van der Waals surface area contributed by atoms with Crippen LogP contribution in [0.3, 0.4) is 0 Å². The van der Waals surface area contributed by atoms with Crippen LogP contribution in [-0.2, 0) is 52.5 Å². The van der Waals surface area contributed by atoms with E-state index >= 15 is 0 Å². The Morgan fingerprint density at radius 2 is 0.739 bits per heavy atom. The molecular weight excluding hydrogens is 877 g/mol. The SMILES string of the molecule is CCCCCCCCC(CC)OC(=O)CCCCC(=O)OCC(COC(=O)CCCCC(=O)OC(CC)CCCCCCCC)N(CCCN(C)C)C(=O)CCC(=O)OC(CCC)CCCCCC. The molecule has 0 saturated heterocycles. The summed E-state index contributed by atoms with van der Waals surface area (Å²) in [6.07, 6.45) is 26.7. The lowest BCUT2D eigenvalue weighted by atomic mass is 10.1. The molecule has 3 atom stereocenters. The zero-order valence-corrected chi connectivity index (χ0v) is 45.6. The van der Waals surface area contributed by atoms with E-state index in [2.05, 4.69) is 27.7 Å². The van der Waals surface area contributed by atoms with Gasteiger partial charge in [-0.25, -0.2) is 0 Å². The molecule has 0 radical (unpaired) electrons. The second-order valence-corrected chi connectivity index (χ2v) is 19.6. The standard InChI is InChI=1S/C56H104N2O11/c1-9-15-18-21-23-26-34-48(13-5)67-54(62)39-30-28-37-52(60)65-45-47(46-66-53(61)38-29-31-40-55(63)68-49(14-6)35-27-24-22-19-16-10-2)58(44-32-43-57(7)8)51(59)41-42-56(64)69-50(33-12-4)36-25-20-17-11-3/h47-50H,9-46H2,1-8H3. The van der Waals surface area contributed by atoms with E-state index in [1.165, 1.54) is 51.4 Å². The normalized spacial score (nSPS) is 13.1. The Balaban J connectivity index is 5.60. The zero-order chi connectivity index (χ0) is 51.3. The van der Waals surface area contributed by atoms with E-state index in [4.69, 9.17) is 23.7 Å². The van der Waals surface area contributed by atoms with Crippen LogP contribution in [0.15, 0.2) is 0 Å². The molecule has 0 aliphatic carbocycles. The highest BCUT2D eigenvalue weighted by Gasteiger charge is 2.28. The van der Waals surface area contributed by atoms with Crippen LogP contribution in [0.5, 0.6) is 0 Å². The van der Waals surface area contributed by atoms with E-state index in [9.17, 15) is 28.8 Å². The van der Waals surface area contributed by atoms with Gasteiger partial charge in [-0.3, -0.25) is 28.8 Å². The van der Waals surface area contributed by atoms with Crippen LogP contribution >= 0.6 is 0 Å². The largest absolute Gasteiger partial charge is 0.463 e. The molecule has 0 aromatic rings. The maximum absolute atomic E-state index is 14.0. The summed E-state index contributed by atoms with van der Waals surface area (Å²) in [5.41, 5.74) is 0. The first-order valence-electron chi connectivity index (χ1n) is 28.2. The smallest absolute Gasteiger partial charge is 0.306 e. The first kappa shape index (κ1) is 65.8. The Bertz CT molecular complexity index is 1250. The summed E-state index contributed by atoms with van der Waals surface area (Å²) in [7, 11) is 3.88. The molecule has 0 heterocycles. The minimum absolute atomic E-state index is 0.0764. The number of ether oxygens (including phenoxy) is 5. The average molecular weight is 981 g/mol. The Hall–Kier alpha value is -3.22. The predicted molar refractivity (Wildman–Crippen MR) is 277 cm³/mol. The van der Waals surface area contributed by atoms with Gasteiger partial charge in [-0.2, -0.15) is 0 Å². The molecule has 0 aromatic carbocycles. The topological polar surface area (TPSA) is 155 Å². The number of unbranched alkanes of at least 4 members (excludes halogenated alkanes) is 15. The molecule has 0 fully saturated rings. The summed E-state index contributed by atoms with van der Waals surface area (Å²) in [5.74, 6) is -2.21. The van der Waals surface area contributed by atoms with Crippen LogP contribution < -0.4 is 0 Å². The summed E-state index contributed by atoms with van der Waals surface area (Å²) in [4.78, 5) is 82.2. The molecule has 0 N–H and O–H groups in total. The van der Waals surface area contributed by atoms with Crippen LogP contribution in [0.4, 0.5) is 0 Å². The summed E-state index contributed by atoms with van der Waals surface area (Å²) < 4.78 is 28.8. The van der Waals surface area contributed by atoms with E-state index in [0.29, 0.717) is 45.2 Å². The molecule has 0 bridgehead atoms. The molecular formula is C56H104N2O11. The number of carbonyl (C=O) groups excluding carboxylic acids is 6. The lowest BCUT2D eigenvalue weighted by Crippen LogP contribution is -2.47. The van der Waals surface area contributed by atoms with Gasteiger partial charge < -0.3 is 33.5 Å². The van der Waals surface area contributed by atoms with Crippen molar-refractivity contribution in [2.45, 2.75) is 284 Å². The number of hydrogen-bond acceptors (Lipinski definition) is 12. The van der Waals surface area contributed by atoms with Crippen molar-refractivity contribution in [2.24, 2.45) is 0 Å². The Morgan fingerprint density at radius 1 is 0.362 bits per heavy atom. The fraction of sp³-hybridized carbons (Fsp3) is 0.893. The highest BCUT2D eigenvalue weighted by molar-refractivity contribution is 5.82. The van der Waals surface area contributed by atoms with Gasteiger partial charge in [0.2, 0.25) is 5.91 Å². The molecule has 0 aliphatic heterocycles. The quantitative estimate of drug-likeness (QED) is 0.0324. The minimum Gasteiger partial charge on any atom is -0.463 e. The van der Waals surface area contributed by atoms with Crippen molar-refractivity contribution >= 4 is 35.8 Å². The van der Waals surface area contributed by atoms with E-state index < -0.39 is 23.9 Å². The van der Waals surface area contributed by atoms with Crippen molar-refractivity contribution in [2.75, 3.05) is 40.4 Å². The highest BCUT2D eigenvalue weighted by Crippen LogP contribution is 2.19.